The Balaban J connectivity index is 1.78. The van der Waals surface area contributed by atoms with Gasteiger partial charge in [-0.15, -0.1) is 0 Å². The average Bonchev–Trinajstić information content (AvgIpc) is 3.10. The van der Waals surface area contributed by atoms with Crippen LogP contribution in [0.2, 0.25) is 0 Å². The summed E-state index contributed by atoms with van der Waals surface area (Å²) in [7, 11) is 1.43. The maximum absolute atomic E-state index is 14.2. The summed E-state index contributed by atoms with van der Waals surface area (Å²) in [4.78, 5) is 60.9. The van der Waals surface area contributed by atoms with E-state index in [1.807, 2.05) is 36.4 Å². The first kappa shape index (κ1) is 29.5. The molecule has 0 aliphatic carbocycles. The van der Waals surface area contributed by atoms with Crippen LogP contribution in [0.4, 0.5) is 5.69 Å². The van der Waals surface area contributed by atoms with Crippen molar-refractivity contribution in [1.82, 2.24) is 9.80 Å². The number of benzene rings is 3. The lowest BCUT2D eigenvalue weighted by atomic mass is 10.0. The summed E-state index contributed by atoms with van der Waals surface area (Å²) in [6.45, 7) is -0.980. The molecule has 1 aliphatic rings. The number of thiol groups is 1. The number of rotatable bonds is 10. The summed E-state index contributed by atoms with van der Waals surface area (Å²) in [6.07, 6.45) is -1.34. The number of aliphatic carboxylic acids is 1. The zero-order valence-corrected chi connectivity index (χ0v) is 23.4. The number of aliphatic imine (C=N–C) groups is 1. The number of carboxylic acids is 1. The van der Waals surface area contributed by atoms with E-state index in [2.05, 4.69) is 12.6 Å². The number of para-hydroxylation sites is 1. The minimum atomic E-state index is -1.34. The third-order valence-corrected chi connectivity index (χ3v) is 7.05. The highest BCUT2D eigenvalue weighted by Gasteiger charge is 2.38. The minimum absolute atomic E-state index is 0.0417. The molecule has 1 heterocycles. The van der Waals surface area contributed by atoms with Gasteiger partial charge in [-0.2, -0.15) is 12.6 Å². The van der Waals surface area contributed by atoms with Crippen LogP contribution in [0.15, 0.2) is 89.9 Å². The van der Waals surface area contributed by atoms with Gasteiger partial charge in [0, 0.05) is 30.5 Å². The minimum Gasteiger partial charge on any atom is -0.480 e. The molecule has 0 radical (unpaired) electrons. The highest BCUT2D eigenvalue weighted by Crippen LogP contribution is 2.29. The van der Waals surface area contributed by atoms with Gasteiger partial charge < -0.3 is 20.6 Å². The second-order valence-electron chi connectivity index (χ2n) is 9.53. The number of amides is 3. The van der Waals surface area contributed by atoms with Crippen molar-refractivity contribution in [3.63, 3.8) is 0 Å². The van der Waals surface area contributed by atoms with Crippen molar-refractivity contribution in [2.45, 2.75) is 18.8 Å². The molecule has 3 aromatic rings. The maximum atomic E-state index is 14.2. The van der Waals surface area contributed by atoms with E-state index in [1.54, 1.807) is 48.5 Å². The first-order valence-corrected chi connectivity index (χ1v) is 13.5. The number of nitrogens with zero attached hydrogens (tertiary/aromatic N) is 4. The number of likely N-dealkylation sites (N-methyl/N-ethyl adjacent to an activating group) is 1. The van der Waals surface area contributed by atoms with Crippen LogP contribution < -0.4 is 10.6 Å². The molecule has 11 heteroatoms. The number of anilines is 1. The zero-order chi connectivity index (χ0) is 29.5. The van der Waals surface area contributed by atoms with Gasteiger partial charge >= 0.3 is 5.97 Å². The number of nitrogens with two attached hydrogens (primary N) is 1. The Morgan fingerprint density at radius 1 is 1.00 bits per heavy atom. The molecule has 2 unspecified atom stereocenters. The van der Waals surface area contributed by atoms with Crippen LogP contribution in [-0.2, 0) is 25.7 Å². The smallest absolute Gasteiger partial charge is 0.323 e. The summed E-state index contributed by atoms with van der Waals surface area (Å²) in [5.41, 5.74) is 8.85. The molecule has 0 aromatic heterocycles. The van der Waals surface area contributed by atoms with E-state index in [0.29, 0.717) is 22.5 Å². The van der Waals surface area contributed by atoms with Gasteiger partial charge in [-0.3, -0.25) is 24.1 Å². The number of benzodiazepines with no additional fused rings is 1. The monoisotopic (exact) mass is 573 g/mol. The first-order chi connectivity index (χ1) is 19.7. The van der Waals surface area contributed by atoms with Crippen LogP contribution in [0, 0.1) is 0 Å². The van der Waals surface area contributed by atoms with Gasteiger partial charge in [-0.25, -0.2) is 4.99 Å². The predicted octanol–water partition coefficient (Wildman–Crippen LogP) is 2.03. The molecule has 0 saturated heterocycles. The van der Waals surface area contributed by atoms with Gasteiger partial charge in [0.05, 0.1) is 17.4 Å². The number of carbonyl (C=O) groups excluding carboxylic acids is 3. The Bertz CT molecular complexity index is 1450. The fourth-order valence-corrected chi connectivity index (χ4v) is 4.71. The topological polar surface area (TPSA) is 137 Å². The van der Waals surface area contributed by atoms with E-state index in [1.165, 1.54) is 16.8 Å². The lowest BCUT2D eigenvalue weighted by molar-refractivity contribution is -0.144. The Kier molecular flexibility index (Phi) is 9.53. The second kappa shape index (κ2) is 13.2. The molecule has 0 spiro atoms. The molecule has 4 rings (SSSR count). The van der Waals surface area contributed by atoms with Gasteiger partial charge in [0.15, 0.2) is 0 Å². The lowest BCUT2D eigenvalue weighted by Crippen LogP contribution is -2.54. The molecule has 212 valence electrons. The highest BCUT2D eigenvalue weighted by molar-refractivity contribution is 7.80. The Hall–Kier alpha value is -4.48. The molecule has 3 N–H and O–H groups in total. The maximum Gasteiger partial charge on any atom is 0.323 e. The third kappa shape index (κ3) is 6.82. The first-order valence-electron chi connectivity index (χ1n) is 12.9. The molecule has 3 aromatic carbocycles. The van der Waals surface area contributed by atoms with Gasteiger partial charge in [0.2, 0.25) is 18.0 Å². The lowest BCUT2D eigenvalue weighted by Gasteiger charge is -2.31. The van der Waals surface area contributed by atoms with Gasteiger partial charge in [0.1, 0.15) is 13.1 Å². The van der Waals surface area contributed by atoms with Gasteiger partial charge in [-0.05, 0) is 11.6 Å². The largest absolute Gasteiger partial charge is 0.480 e. The number of hydrogen-bond acceptors (Lipinski definition) is 7. The van der Waals surface area contributed by atoms with Crippen LogP contribution in [0.25, 0.3) is 0 Å². The van der Waals surface area contributed by atoms with Crippen LogP contribution in [0.1, 0.15) is 16.7 Å². The Labute approximate surface area is 243 Å². The SMILES string of the molecule is CN(C(=O)C(N)CS)C1N=C(c2ccccc2)c2ccccc2N(CC(=O)N(CC(=O)O)Cc2ccccc2)C1=O. The van der Waals surface area contributed by atoms with Crippen LogP contribution in [-0.4, -0.2) is 82.4 Å². The fraction of sp³-hybridized carbons (Fsp3) is 0.233. The van der Waals surface area contributed by atoms with Crippen LogP contribution >= 0.6 is 12.6 Å². The molecule has 2 atom stereocenters. The van der Waals surface area contributed by atoms with Gasteiger partial charge in [-0.1, -0.05) is 78.9 Å². The van der Waals surface area contributed by atoms with Crippen LogP contribution in [0.3, 0.4) is 0 Å². The van der Waals surface area contributed by atoms with E-state index >= 15 is 0 Å². The zero-order valence-electron chi connectivity index (χ0n) is 22.5. The van der Waals surface area contributed by atoms with Crippen molar-refractivity contribution in [2.24, 2.45) is 10.7 Å². The highest BCUT2D eigenvalue weighted by atomic mass is 32.1. The standard InChI is InChI=1S/C30H31N5O5S/c1-33(29(39)23(31)19-41)28-30(40)35(17-25(36)34(18-26(37)38)16-20-10-4-2-5-11-20)24-15-9-8-14-22(24)27(32-28)21-12-6-3-7-13-21/h2-15,23,28,41H,16-19,31H2,1H3,(H,37,38). The molecule has 0 saturated carbocycles. The molecule has 41 heavy (non-hydrogen) atoms. The number of carbonyl (C=O) groups is 4. The number of fused-ring (bicyclic) bond motifs is 1. The molecular formula is C30H31N5O5S. The third-order valence-electron chi connectivity index (χ3n) is 6.65. The van der Waals surface area contributed by atoms with E-state index in [0.717, 1.165) is 10.5 Å². The number of carboxylic acid groups (broad SMARTS) is 1. The van der Waals surface area contributed by atoms with Crippen molar-refractivity contribution in [3.05, 3.63) is 102 Å². The molecule has 0 fully saturated rings. The molecular weight excluding hydrogens is 542 g/mol. The van der Waals surface area contributed by atoms with Crippen molar-refractivity contribution >= 4 is 47.7 Å². The van der Waals surface area contributed by atoms with E-state index in [9.17, 15) is 24.3 Å². The summed E-state index contributed by atoms with van der Waals surface area (Å²) < 4.78 is 0. The molecule has 3 amide bonds. The van der Waals surface area contributed by atoms with Crippen LogP contribution in [0.5, 0.6) is 0 Å². The van der Waals surface area contributed by atoms with Crippen molar-refractivity contribution in [2.75, 3.05) is 30.8 Å². The summed E-state index contributed by atoms with van der Waals surface area (Å²) in [5, 5.41) is 9.53. The quantitative estimate of drug-likeness (QED) is 0.318. The average molecular weight is 574 g/mol. The van der Waals surface area contributed by atoms with E-state index < -0.39 is 49.0 Å². The van der Waals surface area contributed by atoms with Crippen molar-refractivity contribution in [3.8, 4) is 0 Å². The normalized spacial score (nSPS) is 15.3. The van der Waals surface area contributed by atoms with Gasteiger partial charge in [0.25, 0.3) is 5.91 Å². The summed E-state index contributed by atoms with van der Waals surface area (Å²) >= 11 is 4.12. The number of hydrogen-bond donors (Lipinski definition) is 3. The predicted molar refractivity (Wildman–Crippen MR) is 159 cm³/mol. The Morgan fingerprint density at radius 2 is 1.61 bits per heavy atom. The Morgan fingerprint density at radius 3 is 2.24 bits per heavy atom. The second-order valence-corrected chi connectivity index (χ2v) is 9.89. The van der Waals surface area contributed by atoms with E-state index in [4.69, 9.17) is 10.7 Å². The van der Waals surface area contributed by atoms with Crippen molar-refractivity contribution in [1.29, 1.82) is 0 Å². The molecule has 0 bridgehead atoms. The van der Waals surface area contributed by atoms with Crippen molar-refractivity contribution < 1.29 is 24.3 Å². The molecule has 1 aliphatic heterocycles. The van der Waals surface area contributed by atoms with E-state index in [-0.39, 0.29) is 12.3 Å². The summed E-state index contributed by atoms with van der Waals surface area (Å²) in [6, 6.07) is 24.2. The summed E-state index contributed by atoms with van der Waals surface area (Å²) in [5.74, 6) is -2.87. The molecule has 10 nitrogen and oxygen atoms in total. The fourth-order valence-electron chi connectivity index (χ4n) is 4.55.